The van der Waals surface area contributed by atoms with E-state index in [1.54, 1.807) is 60.5 Å². The summed E-state index contributed by atoms with van der Waals surface area (Å²) in [5.41, 5.74) is 2.31. The lowest BCUT2D eigenvalue weighted by Crippen LogP contribution is -2.41. The number of hydrogen-bond donors (Lipinski definition) is 0. The molecule has 4 rings (SSSR count). The number of aryl methyl sites for hydroxylation is 1. The number of carbonyl (C=O) groups excluding carboxylic acids is 1. The summed E-state index contributed by atoms with van der Waals surface area (Å²) in [5.74, 6) is 0.456. The Labute approximate surface area is 190 Å². The van der Waals surface area contributed by atoms with Crippen LogP contribution in [-0.2, 0) is 27.2 Å². The molecule has 0 radical (unpaired) electrons. The van der Waals surface area contributed by atoms with E-state index >= 15 is 0 Å². The second-order valence-corrected chi connectivity index (χ2v) is 8.11. The summed E-state index contributed by atoms with van der Waals surface area (Å²) in [4.78, 5) is 14.0. The van der Waals surface area contributed by atoms with Crippen molar-refractivity contribution in [1.82, 2.24) is 0 Å². The molecule has 0 N–H and O–H groups in total. The first-order valence-electron chi connectivity index (χ1n) is 10.8. The van der Waals surface area contributed by atoms with Crippen LogP contribution in [0.15, 0.2) is 48.5 Å². The summed E-state index contributed by atoms with van der Waals surface area (Å²) in [6.45, 7) is 0.0548. The van der Waals surface area contributed by atoms with Crippen LogP contribution in [0.1, 0.15) is 24.0 Å². The van der Waals surface area contributed by atoms with E-state index in [0.717, 1.165) is 11.3 Å². The number of rotatable bonds is 9. The number of carbonyl (C=O) groups is 1. The number of ether oxygens (including phenoxy) is 4. The smallest absolute Gasteiger partial charge is 0.415 e. The van der Waals surface area contributed by atoms with Crippen LogP contribution < -0.4 is 9.64 Å². The fourth-order valence-electron chi connectivity index (χ4n) is 4.25. The molecule has 178 valence electrons. The number of amides is 1. The third-order valence-electron chi connectivity index (χ3n) is 5.87. The fraction of sp³-hybridized carbons (Fsp3) is 0.458. The van der Waals surface area contributed by atoms with E-state index in [1.165, 1.54) is 0 Å². The van der Waals surface area contributed by atoms with Gasteiger partial charge in [-0.3, -0.25) is 4.90 Å². The molecule has 3 unspecified atom stereocenters. The third-order valence-corrected chi connectivity index (χ3v) is 5.87. The number of anilines is 1. The van der Waals surface area contributed by atoms with Crippen LogP contribution in [0.2, 0.25) is 0 Å². The highest BCUT2D eigenvalue weighted by Gasteiger charge is 2.45. The number of hydrogen-bond acceptors (Lipinski definition) is 5. The SMILES string of the molecule is COCC1OC(=O)N2c3ccc(OCCC(OCc4ccccc4)C(F)(F)F)cc3CCC12. The van der Waals surface area contributed by atoms with Crippen LogP contribution in [0.3, 0.4) is 0 Å². The molecule has 2 aromatic carbocycles. The first-order valence-corrected chi connectivity index (χ1v) is 10.8. The van der Waals surface area contributed by atoms with E-state index < -0.39 is 18.4 Å². The molecule has 6 nitrogen and oxygen atoms in total. The molecule has 0 saturated carbocycles. The van der Waals surface area contributed by atoms with Crippen molar-refractivity contribution >= 4 is 11.8 Å². The van der Waals surface area contributed by atoms with Crippen LogP contribution >= 0.6 is 0 Å². The highest BCUT2D eigenvalue weighted by Crippen LogP contribution is 2.39. The Morgan fingerprint density at radius 1 is 1.18 bits per heavy atom. The quantitative estimate of drug-likeness (QED) is 0.528. The molecule has 33 heavy (non-hydrogen) atoms. The molecular weight excluding hydrogens is 439 g/mol. The zero-order chi connectivity index (χ0) is 23.4. The molecule has 0 aromatic heterocycles. The lowest BCUT2D eigenvalue weighted by atomic mass is 9.94. The summed E-state index contributed by atoms with van der Waals surface area (Å²) in [5, 5.41) is 0. The van der Waals surface area contributed by atoms with Crippen LogP contribution in [0.4, 0.5) is 23.7 Å². The Kier molecular flexibility index (Phi) is 7.09. The van der Waals surface area contributed by atoms with Crippen molar-refractivity contribution in [2.75, 3.05) is 25.2 Å². The molecule has 1 fully saturated rings. The standard InChI is InChI=1S/C24H26F3NO5/c1-30-15-21-20-9-7-17-13-18(8-10-19(17)28(20)23(29)33-21)31-12-11-22(24(25,26)27)32-14-16-5-3-2-4-6-16/h2-6,8,10,13,20-22H,7,9,11-12,14-15H2,1H3. The number of cyclic esters (lactones) is 1. The van der Waals surface area contributed by atoms with E-state index in [1.807, 2.05) is 0 Å². The second-order valence-electron chi connectivity index (χ2n) is 8.11. The van der Waals surface area contributed by atoms with Crippen molar-refractivity contribution in [3.05, 3.63) is 59.7 Å². The van der Waals surface area contributed by atoms with Crippen LogP contribution in [0, 0.1) is 0 Å². The molecule has 9 heteroatoms. The Balaban J connectivity index is 1.35. The number of benzene rings is 2. The topological polar surface area (TPSA) is 57.2 Å². The second kappa shape index (κ2) is 10.0. The number of halogens is 3. The van der Waals surface area contributed by atoms with Crippen molar-refractivity contribution in [1.29, 1.82) is 0 Å². The summed E-state index contributed by atoms with van der Waals surface area (Å²) >= 11 is 0. The van der Waals surface area contributed by atoms with E-state index in [2.05, 4.69) is 0 Å². The van der Waals surface area contributed by atoms with Crippen molar-refractivity contribution in [2.45, 2.75) is 50.3 Å². The molecule has 2 heterocycles. The first kappa shape index (κ1) is 23.4. The molecule has 1 amide bonds. The van der Waals surface area contributed by atoms with Gasteiger partial charge < -0.3 is 18.9 Å². The van der Waals surface area contributed by atoms with Gasteiger partial charge in [0.15, 0.2) is 6.10 Å². The summed E-state index contributed by atoms with van der Waals surface area (Å²) < 4.78 is 61.5. The van der Waals surface area contributed by atoms with Gasteiger partial charge in [0.25, 0.3) is 0 Å². The minimum Gasteiger partial charge on any atom is -0.493 e. The maximum atomic E-state index is 13.4. The minimum atomic E-state index is -4.49. The molecule has 2 aliphatic rings. The van der Waals surface area contributed by atoms with E-state index in [0.29, 0.717) is 30.8 Å². The van der Waals surface area contributed by atoms with Crippen LogP contribution in [0.5, 0.6) is 5.75 Å². The molecule has 1 saturated heterocycles. The molecule has 0 aliphatic carbocycles. The number of fused-ring (bicyclic) bond motifs is 3. The number of nitrogens with zero attached hydrogens (tertiary/aromatic N) is 1. The van der Waals surface area contributed by atoms with Gasteiger partial charge in [-0.2, -0.15) is 13.2 Å². The van der Waals surface area contributed by atoms with Gasteiger partial charge in [0.1, 0.15) is 11.9 Å². The van der Waals surface area contributed by atoms with E-state index in [9.17, 15) is 18.0 Å². The largest absolute Gasteiger partial charge is 0.493 e. The maximum absolute atomic E-state index is 13.4. The Hall–Kier alpha value is -2.78. The zero-order valence-corrected chi connectivity index (χ0v) is 18.2. The van der Waals surface area contributed by atoms with Gasteiger partial charge in [0.05, 0.1) is 31.5 Å². The minimum absolute atomic E-state index is 0.0916. The van der Waals surface area contributed by atoms with E-state index in [4.69, 9.17) is 18.9 Å². The average molecular weight is 465 g/mol. The molecule has 0 bridgehead atoms. The van der Waals surface area contributed by atoms with Gasteiger partial charge in [0.2, 0.25) is 0 Å². The molecular formula is C24H26F3NO5. The summed E-state index contributed by atoms with van der Waals surface area (Å²) in [7, 11) is 1.56. The summed E-state index contributed by atoms with van der Waals surface area (Å²) in [6.07, 6.45) is -6.06. The summed E-state index contributed by atoms with van der Waals surface area (Å²) in [6, 6.07) is 13.8. The first-order chi connectivity index (χ1) is 15.9. The lowest BCUT2D eigenvalue weighted by molar-refractivity contribution is -0.226. The van der Waals surface area contributed by atoms with Gasteiger partial charge in [-0.05, 0) is 42.2 Å². The monoisotopic (exact) mass is 465 g/mol. The average Bonchev–Trinajstić information content (AvgIpc) is 3.11. The number of alkyl halides is 3. The Bertz CT molecular complexity index is 953. The van der Waals surface area contributed by atoms with Crippen molar-refractivity contribution in [3.8, 4) is 5.75 Å². The molecule has 3 atom stereocenters. The van der Waals surface area contributed by atoms with E-state index in [-0.39, 0.29) is 31.8 Å². The van der Waals surface area contributed by atoms with Crippen LogP contribution in [0.25, 0.3) is 0 Å². The highest BCUT2D eigenvalue weighted by molar-refractivity contribution is 5.92. The van der Waals surface area contributed by atoms with Crippen LogP contribution in [-0.4, -0.2) is 50.8 Å². The molecule has 2 aromatic rings. The van der Waals surface area contributed by atoms with Crippen molar-refractivity contribution in [3.63, 3.8) is 0 Å². The predicted molar refractivity (Wildman–Crippen MR) is 114 cm³/mol. The lowest BCUT2D eigenvalue weighted by Gasteiger charge is -2.31. The van der Waals surface area contributed by atoms with Gasteiger partial charge >= 0.3 is 12.3 Å². The fourth-order valence-corrected chi connectivity index (χ4v) is 4.25. The Morgan fingerprint density at radius 3 is 2.70 bits per heavy atom. The third kappa shape index (κ3) is 5.42. The van der Waals surface area contributed by atoms with Gasteiger partial charge in [0, 0.05) is 13.5 Å². The van der Waals surface area contributed by atoms with Crippen molar-refractivity contribution in [2.24, 2.45) is 0 Å². The highest BCUT2D eigenvalue weighted by atomic mass is 19.4. The maximum Gasteiger partial charge on any atom is 0.415 e. The van der Waals surface area contributed by atoms with Gasteiger partial charge in [-0.15, -0.1) is 0 Å². The zero-order valence-electron chi connectivity index (χ0n) is 18.2. The predicted octanol–water partition coefficient (Wildman–Crippen LogP) is 4.89. The van der Waals surface area contributed by atoms with Crippen molar-refractivity contribution < 1.29 is 36.9 Å². The van der Waals surface area contributed by atoms with Gasteiger partial charge in [-0.1, -0.05) is 30.3 Å². The van der Waals surface area contributed by atoms with Gasteiger partial charge in [-0.25, -0.2) is 4.79 Å². The molecule has 0 spiro atoms. The molecule has 2 aliphatic heterocycles. The Morgan fingerprint density at radius 2 is 1.97 bits per heavy atom. The normalized spacial score (nSPS) is 20.7. The number of methoxy groups -OCH3 is 1.